The number of halogens is 4. The van der Waals surface area contributed by atoms with E-state index in [2.05, 4.69) is 32.5 Å². The Morgan fingerprint density at radius 2 is 1.89 bits per heavy atom. The zero-order chi connectivity index (χ0) is 26.1. The summed E-state index contributed by atoms with van der Waals surface area (Å²) in [6.07, 6.45) is 2.52. The molecule has 1 amide bonds. The standard InChI is InChI=1S/C25H29ClF3N3O4/c26-20-13-12-18(36-25(27,28)29)15-19(20)23(33)32-21(24(34)35)9-5-3-1-2-4-8-17-11-10-16-7-6-14-30-22(16)31-17/h10-13,15,21H,1-9,14H2,(H,30,31)(H,32,33)(H,34,35)/t21-/m0/s1. The topological polar surface area (TPSA) is 101 Å². The third kappa shape index (κ3) is 8.58. The number of alkyl halides is 3. The first kappa shape index (κ1) is 27.6. The van der Waals surface area contributed by atoms with Gasteiger partial charge in [0, 0.05) is 12.2 Å². The van der Waals surface area contributed by atoms with Crippen LogP contribution in [0.2, 0.25) is 5.02 Å². The molecule has 0 unspecified atom stereocenters. The summed E-state index contributed by atoms with van der Waals surface area (Å²) in [5, 5.41) is 15.0. The lowest BCUT2D eigenvalue weighted by Gasteiger charge is -2.17. The Morgan fingerprint density at radius 3 is 2.64 bits per heavy atom. The quantitative estimate of drug-likeness (QED) is 0.303. The molecule has 0 saturated heterocycles. The molecule has 1 aliphatic rings. The first-order valence-corrected chi connectivity index (χ1v) is 12.3. The zero-order valence-corrected chi connectivity index (χ0v) is 20.4. The third-order valence-corrected chi connectivity index (χ3v) is 6.23. The van der Waals surface area contributed by atoms with Crippen molar-refractivity contribution in [2.24, 2.45) is 0 Å². The Balaban J connectivity index is 1.40. The fourth-order valence-electron chi connectivity index (χ4n) is 4.06. The van der Waals surface area contributed by atoms with Gasteiger partial charge in [0.2, 0.25) is 0 Å². The number of benzene rings is 1. The van der Waals surface area contributed by atoms with E-state index in [1.807, 2.05) is 0 Å². The minimum Gasteiger partial charge on any atom is -0.480 e. The molecule has 11 heteroatoms. The number of carboxylic acid groups (broad SMARTS) is 1. The predicted octanol–water partition coefficient (Wildman–Crippen LogP) is 5.76. The van der Waals surface area contributed by atoms with Gasteiger partial charge < -0.3 is 20.5 Å². The lowest BCUT2D eigenvalue weighted by molar-refractivity contribution is -0.274. The first-order chi connectivity index (χ1) is 17.1. The van der Waals surface area contributed by atoms with E-state index >= 15 is 0 Å². The van der Waals surface area contributed by atoms with Crippen LogP contribution in [0.4, 0.5) is 19.0 Å². The van der Waals surface area contributed by atoms with Gasteiger partial charge in [-0.1, -0.05) is 43.4 Å². The number of carbonyl (C=O) groups excluding carboxylic acids is 1. The number of fused-ring (bicyclic) bond motifs is 1. The fraction of sp³-hybridized carbons (Fsp3) is 0.480. The molecule has 3 rings (SSSR count). The Morgan fingerprint density at radius 1 is 1.14 bits per heavy atom. The van der Waals surface area contributed by atoms with Gasteiger partial charge in [0.15, 0.2) is 0 Å². The molecule has 2 heterocycles. The van der Waals surface area contributed by atoms with Gasteiger partial charge in [-0.15, -0.1) is 13.2 Å². The summed E-state index contributed by atoms with van der Waals surface area (Å²) in [7, 11) is 0. The van der Waals surface area contributed by atoms with Crippen molar-refractivity contribution >= 4 is 29.3 Å². The maximum absolute atomic E-state index is 12.5. The van der Waals surface area contributed by atoms with Crippen LogP contribution in [0.5, 0.6) is 5.75 Å². The van der Waals surface area contributed by atoms with Crippen molar-refractivity contribution in [3.8, 4) is 5.75 Å². The second-order valence-corrected chi connectivity index (χ2v) is 9.11. The highest BCUT2D eigenvalue weighted by molar-refractivity contribution is 6.34. The van der Waals surface area contributed by atoms with Gasteiger partial charge in [-0.25, -0.2) is 9.78 Å². The molecule has 1 atom stereocenters. The van der Waals surface area contributed by atoms with E-state index in [1.165, 1.54) is 5.56 Å². The van der Waals surface area contributed by atoms with E-state index in [1.54, 1.807) is 0 Å². The van der Waals surface area contributed by atoms with Crippen LogP contribution in [-0.2, 0) is 17.6 Å². The van der Waals surface area contributed by atoms with Gasteiger partial charge in [0.1, 0.15) is 17.6 Å². The molecular weight excluding hydrogens is 499 g/mol. The van der Waals surface area contributed by atoms with Crippen LogP contribution in [0.25, 0.3) is 0 Å². The number of carboxylic acids is 1. The smallest absolute Gasteiger partial charge is 0.480 e. The van der Waals surface area contributed by atoms with Gasteiger partial charge in [-0.3, -0.25) is 4.79 Å². The Labute approximate surface area is 212 Å². The Kier molecular flexibility index (Phi) is 9.81. The normalized spacial score (nSPS) is 13.9. The molecule has 196 valence electrons. The van der Waals surface area contributed by atoms with Crippen molar-refractivity contribution in [3.63, 3.8) is 0 Å². The van der Waals surface area contributed by atoms with Crippen LogP contribution < -0.4 is 15.4 Å². The summed E-state index contributed by atoms with van der Waals surface area (Å²) in [4.78, 5) is 28.8. The molecule has 2 aromatic rings. The van der Waals surface area contributed by atoms with Gasteiger partial charge >= 0.3 is 12.3 Å². The maximum atomic E-state index is 12.5. The third-order valence-electron chi connectivity index (χ3n) is 5.90. The van der Waals surface area contributed by atoms with Crippen molar-refractivity contribution in [1.29, 1.82) is 0 Å². The Hall–Kier alpha value is -3.01. The molecule has 0 fully saturated rings. The van der Waals surface area contributed by atoms with Crippen molar-refractivity contribution < 1.29 is 32.6 Å². The highest BCUT2D eigenvalue weighted by Crippen LogP contribution is 2.27. The number of rotatable bonds is 12. The molecule has 7 nitrogen and oxygen atoms in total. The van der Waals surface area contributed by atoms with Crippen molar-refractivity contribution in [3.05, 3.63) is 52.2 Å². The number of carbonyl (C=O) groups is 2. The van der Waals surface area contributed by atoms with E-state index < -0.39 is 30.0 Å². The van der Waals surface area contributed by atoms with Crippen molar-refractivity contribution in [2.75, 3.05) is 11.9 Å². The summed E-state index contributed by atoms with van der Waals surface area (Å²) in [6.45, 7) is 0.952. The molecule has 3 N–H and O–H groups in total. The number of pyridine rings is 1. The number of aromatic nitrogens is 1. The largest absolute Gasteiger partial charge is 0.573 e. The van der Waals surface area contributed by atoms with E-state index in [-0.39, 0.29) is 17.0 Å². The monoisotopic (exact) mass is 527 g/mol. The van der Waals surface area contributed by atoms with Crippen LogP contribution in [0, 0.1) is 0 Å². The number of aryl methyl sites for hydroxylation is 2. The van der Waals surface area contributed by atoms with E-state index in [0.29, 0.717) is 6.42 Å². The highest BCUT2D eigenvalue weighted by atomic mass is 35.5. The molecule has 1 aromatic carbocycles. The summed E-state index contributed by atoms with van der Waals surface area (Å²) in [5.41, 5.74) is 2.02. The lowest BCUT2D eigenvalue weighted by atomic mass is 10.0. The number of anilines is 1. The summed E-state index contributed by atoms with van der Waals surface area (Å²) >= 11 is 5.93. The Bertz CT molecular complexity index is 1070. The molecule has 1 aliphatic heterocycles. The number of nitrogens with one attached hydrogen (secondary N) is 2. The number of amides is 1. The van der Waals surface area contributed by atoms with Crippen LogP contribution in [-0.4, -0.2) is 40.9 Å². The van der Waals surface area contributed by atoms with Crippen LogP contribution in [0.15, 0.2) is 30.3 Å². The molecule has 0 aliphatic carbocycles. The minimum absolute atomic E-state index is 0.115. The van der Waals surface area contributed by atoms with Gasteiger partial charge in [-0.2, -0.15) is 0 Å². The predicted molar refractivity (Wildman–Crippen MR) is 129 cm³/mol. The molecule has 1 aromatic heterocycles. The first-order valence-electron chi connectivity index (χ1n) is 11.9. The number of ether oxygens (including phenoxy) is 1. The summed E-state index contributed by atoms with van der Waals surface area (Å²) < 4.78 is 41.2. The van der Waals surface area contributed by atoms with Crippen molar-refractivity contribution in [2.45, 2.75) is 70.2 Å². The number of aliphatic carboxylic acids is 1. The van der Waals surface area contributed by atoms with Gasteiger partial charge in [0.05, 0.1) is 10.6 Å². The number of unbranched alkanes of at least 4 members (excludes halogenated alkanes) is 4. The van der Waals surface area contributed by atoms with Gasteiger partial charge in [0.25, 0.3) is 5.91 Å². The molecule has 0 spiro atoms. The fourth-order valence-corrected chi connectivity index (χ4v) is 4.27. The lowest BCUT2D eigenvalue weighted by Crippen LogP contribution is -2.40. The maximum Gasteiger partial charge on any atom is 0.573 e. The minimum atomic E-state index is -4.93. The second-order valence-electron chi connectivity index (χ2n) is 8.70. The highest BCUT2D eigenvalue weighted by Gasteiger charge is 2.31. The molecule has 0 radical (unpaired) electrons. The molecule has 0 saturated carbocycles. The number of hydrogen-bond acceptors (Lipinski definition) is 5. The van der Waals surface area contributed by atoms with Crippen molar-refractivity contribution in [1.82, 2.24) is 10.3 Å². The second kappa shape index (κ2) is 12.8. The van der Waals surface area contributed by atoms with Crippen LogP contribution in [0.1, 0.15) is 66.6 Å². The SMILES string of the molecule is O=C(N[C@@H](CCCCCCCc1ccc2c(n1)NCCC2)C(=O)O)c1cc(OC(F)(F)F)ccc1Cl. The van der Waals surface area contributed by atoms with Crippen LogP contribution >= 0.6 is 11.6 Å². The zero-order valence-electron chi connectivity index (χ0n) is 19.7. The average molecular weight is 528 g/mol. The van der Waals surface area contributed by atoms with E-state index in [0.717, 1.165) is 81.2 Å². The average Bonchev–Trinajstić information content (AvgIpc) is 2.82. The molecule has 36 heavy (non-hydrogen) atoms. The van der Waals surface area contributed by atoms with E-state index in [4.69, 9.17) is 11.6 Å². The number of nitrogens with zero attached hydrogens (tertiary/aromatic N) is 1. The molecular formula is C25H29ClF3N3O4. The van der Waals surface area contributed by atoms with Crippen LogP contribution in [0.3, 0.4) is 0 Å². The number of hydrogen-bond donors (Lipinski definition) is 3. The molecule has 0 bridgehead atoms. The summed E-state index contributed by atoms with van der Waals surface area (Å²) in [6, 6.07) is 5.91. The van der Waals surface area contributed by atoms with E-state index in [9.17, 15) is 27.9 Å². The summed E-state index contributed by atoms with van der Waals surface area (Å²) in [5.74, 6) is -1.74. The van der Waals surface area contributed by atoms with Gasteiger partial charge in [-0.05, 0) is 61.9 Å².